The standard InChI is InChI=1S/C17H27NO/c1-16(2)8-14-9-17(3,11-16)12-18(14)10-13-6-4-5-7-15(13)19/h10,14H,4-9,11-12H2,1-3H3. The minimum Gasteiger partial charge on any atom is -0.373 e. The molecular formula is C17H27NO. The van der Waals surface area contributed by atoms with E-state index in [-0.39, 0.29) is 0 Å². The molecule has 2 saturated carbocycles. The Bertz CT molecular complexity index is 423. The van der Waals surface area contributed by atoms with Crippen molar-refractivity contribution in [3.05, 3.63) is 11.8 Å². The third kappa shape index (κ3) is 2.59. The molecule has 2 unspecified atom stereocenters. The lowest BCUT2D eigenvalue weighted by atomic mass is 9.65. The molecule has 19 heavy (non-hydrogen) atoms. The Morgan fingerprint density at radius 2 is 1.89 bits per heavy atom. The van der Waals surface area contributed by atoms with Gasteiger partial charge in [0.25, 0.3) is 0 Å². The fourth-order valence-electron chi connectivity index (χ4n) is 4.89. The van der Waals surface area contributed by atoms with Gasteiger partial charge in [0.2, 0.25) is 0 Å². The van der Waals surface area contributed by atoms with Crippen LogP contribution < -0.4 is 0 Å². The summed E-state index contributed by atoms with van der Waals surface area (Å²) in [6.07, 6.45) is 10.2. The number of hydrogen-bond acceptors (Lipinski definition) is 2. The van der Waals surface area contributed by atoms with E-state index in [9.17, 15) is 4.79 Å². The fraction of sp³-hybridized carbons (Fsp3) is 0.824. The van der Waals surface area contributed by atoms with Crippen molar-refractivity contribution < 1.29 is 4.79 Å². The molecule has 3 rings (SSSR count). The lowest BCUT2D eigenvalue weighted by Gasteiger charge is -2.39. The first-order valence-electron chi connectivity index (χ1n) is 7.87. The molecule has 0 radical (unpaired) electrons. The molecule has 3 aliphatic rings. The molecule has 0 aromatic carbocycles. The highest BCUT2D eigenvalue weighted by Crippen LogP contribution is 2.52. The molecule has 3 fully saturated rings. The summed E-state index contributed by atoms with van der Waals surface area (Å²) in [4.78, 5) is 14.5. The highest BCUT2D eigenvalue weighted by molar-refractivity contribution is 5.95. The van der Waals surface area contributed by atoms with E-state index < -0.39 is 0 Å². The first-order chi connectivity index (χ1) is 8.87. The van der Waals surface area contributed by atoms with Crippen LogP contribution in [0.3, 0.4) is 0 Å². The van der Waals surface area contributed by atoms with E-state index in [4.69, 9.17) is 0 Å². The molecule has 2 aliphatic carbocycles. The zero-order valence-electron chi connectivity index (χ0n) is 12.7. The van der Waals surface area contributed by atoms with Crippen LogP contribution in [-0.2, 0) is 4.79 Å². The zero-order chi connectivity index (χ0) is 13.7. The van der Waals surface area contributed by atoms with E-state index in [1.165, 1.54) is 25.7 Å². The fourth-order valence-corrected chi connectivity index (χ4v) is 4.89. The maximum Gasteiger partial charge on any atom is 0.160 e. The SMILES string of the molecule is CC1(C)CC2CC(C)(CN2C=C2CCCCC2=O)C1. The predicted molar refractivity (Wildman–Crippen MR) is 77.8 cm³/mol. The first-order valence-corrected chi connectivity index (χ1v) is 7.87. The van der Waals surface area contributed by atoms with Gasteiger partial charge in [-0.25, -0.2) is 0 Å². The molecule has 0 spiro atoms. The van der Waals surface area contributed by atoms with Gasteiger partial charge in [0.1, 0.15) is 0 Å². The molecule has 0 amide bonds. The van der Waals surface area contributed by atoms with E-state index in [0.29, 0.717) is 22.7 Å². The number of allylic oxidation sites excluding steroid dienone is 1. The molecule has 0 N–H and O–H groups in total. The molecule has 1 heterocycles. The van der Waals surface area contributed by atoms with Crippen LogP contribution in [0.25, 0.3) is 0 Å². The molecule has 1 aliphatic heterocycles. The molecular weight excluding hydrogens is 234 g/mol. The summed E-state index contributed by atoms with van der Waals surface area (Å²) in [6.45, 7) is 8.39. The van der Waals surface area contributed by atoms with Gasteiger partial charge in [0, 0.05) is 30.8 Å². The van der Waals surface area contributed by atoms with Crippen LogP contribution in [0.2, 0.25) is 0 Å². The number of fused-ring (bicyclic) bond motifs is 2. The normalized spacial score (nSPS) is 39.9. The average Bonchev–Trinajstić information content (AvgIpc) is 2.51. The zero-order valence-corrected chi connectivity index (χ0v) is 12.7. The van der Waals surface area contributed by atoms with Crippen molar-refractivity contribution in [1.29, 1.82) is 0 Å². The monoisotopic (exact) mass is 261 g/mol. The summed E-state index contributed by atoms with van der Waals surface area (Å²) < 4.78 is 0. The third-order valence-corrected chi connectivity index (χ3v) is 5.24. The van der Waals surface area contributed by atoms with Crippen molar-refractivity contribution in [3.63, 3.8) is 0 Å². The topological polar surface area (TPSA) is 20.3 Å². The van der Waals surface area contributed by atoms with Crippen molar-refractivity contribution >= 4 is 5.78 Å². The summed E-state index contributed by atoms with van der Waals surface area (Å²) in [6, 6.07) is 0.663. The highest BCUT2D eigenvalue weighted by Gasteiger charge is 2.48. The number of rotatable bonds is 1. The maximum absolute atomic E-state index is 12.0. The second-order valence-electron chi connectivity index (χ2n) is 8.17. The molecule has 2 nitrogen and oxygen atoms in total. The number of likely N-dealkylation sites (tertiary alicyclic amines) is 1. The molecule has 2 atom stereocenters. The Hall–Kier alpha value is -0.790. The van der Waals surface area contributed by atoms with Gasteiger partial charge >= 0.3 is 0 Å². The van der Waals surface area contributed by atoms with Crippen LogP contribution >= 0.6 is 0 Å². The predicted octanol–water partition coefficient (Wildman–Crippen LogP) is 3.91. The number of Topliss-reactive ketones (excluding diaryl/α,β-unsaturated/α-hetero) is 1. The number of hydrogen-bond donors (Lipinski definition) is 0. The Labute approximate surface area is 117 Å². The minimum atomic E-state index is 0.400. The molecule has 2 bridgehead atoms. The van der Waals surface area contributed by atoms with Crippen molar-refractivity contribution in [2.24, 2.45) is 10.8 Å². The molecule has 1 saturated heterocycles. The van der Waals surface area contributed by atoms with Crippen LogP contribution in [0.5, 0.6) is 0 Å². The smallest absolute Gasteiger partial charge is 0.160 e. The third-order valence-electron chi connectivity index (χ3n) is 5.24. The number of nitrogens with zero attached hydrogens (tertiary/aromatic N) is 1. The number of carbonyl (C=O) groups excluding carboxylic acids is 1. The Kier molecular flexibility index (Phi) is 3.03. The second-order valence-corrected chi connectivity index (χ2v) is 8.17. The quantitative estimate of drug-likeness (QED) is 0.667. The van der Waals surface area contributed by atoms with Gasteiger partial charge in [-0.2, -0.15) is 0 Å². The van der Waals surface area contributed by atoms with Crippen LogP contribution in [0.15, 0.2) is 11.8 Å². The van der Waals surface area contributed by atoms with Crippen LogP contribution in [0, 0.1) is 10.8 Å². The summed E-state index contributed by atoms with van der Waals surface area (Å²) in [7, 11) is 0. The van der Waals surface area contributed by atoms with Gasteiger partial charge < -0.3 is 4.90 Å². The van der Waals surface area contributed by atoms with E-state index in [0.717, 1.165) is 31.4 Å². The van der Waals surface area contributed by atoms with Gasteiger partial charge in [-0.15, -0.1) is 0 Å². The van der Waals surface area contributed by atoms with E-state index in [1.807, 2.05) is 0 Å². The van der Waals surface area contributed by atoms with E-state index in [2.05, 4.69) is 31.9 Å². The second kappa shape index (κ2) is 4.36. The maximum atomic E-state index is 12.0. The van der Waals surface area contributed by atoms with Crippen molar-refractivity contribution in [2.45, 2.75) is 71.8 Å². The summed E-state index contributed by atoms with van der Waals surface area (Å²) in [5.74, 6) is 0.400. The van der Waals surface area contributed by atoms with Crippen molar-refractivity contribution in [3.8, 4) is 0 Å². The largest absolute Gasteiger partial charge is 0.373 e. The first kappa shape index (κ1) is 13.2. The van der Waals surface area contributed by atoms with Gasteiger partial charge in [-0.3, -0.25) is 4.79 Å². The molecule has 0 aromatic heterocycles. The number of carbonyl (C=O) groups is 1. The Balaban J connectivity index is 1.80. The number of ketones is 1. The van der Waals surface area contributed by atoms with Crippen LogP contribution in [-0.4, -0.2) is 23.3 Å². The van der Waals surface area contributed by atoms with E-state index >= 15 is 0 Å². The lowest BCUT2D eigenvalue weighted by molar-refractivity contribution is -0.116. The van der Waals surface area contributed by atoms with Gasteiger partial charge in [-0.05, 0) is 49.4 Å². The summed E-state index contributed by atoms with van der Waals surface area (Å²) >= 11 is 0. The molecule has 0 aromatic rings. The van der Waals surface area contributed by atoms with Crippen molar-refractivity contribution in [2.75, 3.05) is 6.54 Å². The highest BCUT2D eigenvalue weighted by atomic mass is 16.1. The average molecular weight is 261 g/mol. The molecule has 2 heteroatoms. The van der Waals surface area contributed by atoms with Gasteiger partial charge in [-0.1, -0.05) is 20.8 Å². The van der Waals surface area contributed by atoms with Crippen LogP contribution in [0.1, 0.15) is 65.7 Å². The minimum absolute atomic E-state index is 0.400. The lowest BCUT2D eigenvalue weighted by Crippen LogP contribution is -2.33. The summed E-state index contributed by atoms with van der Waals surface area (Å²) in [5.41, 5.74) is 2.02. The van der Waals surface area contributed by atoms with Gasteiger partial charge in [0.15, 0.2) is 5.78 Å². The Morgan fingerprint density at radius 3 is 2.63 bits per heavy atom. The molecule has 106 valence electrons. The van der Waals surface area contributed by atoms with E-state index in [1.54, 1.807) is 0 Å². The van der Waals surface area contributed by atoms with Crippen LogP contribution in [0.4, 0.5) is 0 Å². The van der Waals surface area contributed by atoms with Gasteiger partial charge in [0.05, 0.1) is 0 Å². The summed E-state index contributed by atoms with van der Waals surface area (Å²) in [5, 5.41) is 0. The Morgan fingerprint density at radius 1 is 1.16 bits per heavy atom. The van der Waals surface area contributed by atoms with Crippen molar-refractivity contribution in [1.82, 2.24) is 4.90 Å².